The van der Waals surface area contributed by atoms with Crippen LogP contribution in [-0.4, -0.2) is 24.1 Å². The predicted molar refractivity (Wildman–Crippen MR) is 77.0 cm³/mol. The molecule has 21 heavy (non-hydrogen) atoms. The number of fused-ring (bicyclic) bond motifs is 2. The zero-order chi connectivity index (χ0) is 15.0. The fourth-order valence-electron chi connectivity index (χ4n) is 3.44. The smallest absolute Gasteiger partial charge is 0.307 e. The van der Waals surface area contributed by atoms with E-state index in [-0.39, 0.29) is 17.7 Å². The van der Waals surface area contributed by atoms with Gasteiger partial charge in [-0.15, -0.1) is 0 Å². The van der Waals surface area contributed by atoms with Crippen molar-refractivity contribution >= 4 is 17.6 Å². The first kappa shape index (κ1) is 13.7. The van der Waals surface area contributed by atoms with Crippen LogP contribution >= 0.6 is 0 Å². The van der Waals surface area contributed by atoms with Crippen molar-refractivity contribution in [3.63, 3.8) is 0 Å². The Balaban J connectivity index is 1.78. The molecule has 2 bridgehead atoms. The number of hydrogen-bond acceptors (Lipinski definition) is 3. The van der Waals surface area contributed by atoms with E-state index in [0.29, 0.717) is 11.4 Å². The Kier molecular flexibility index (Phi) is 3.41. The van der Waals surface area contributed by atoms with Crippen LogP contribution in [0.25, 0.3) is 0 Å². The third kappa shape index (κ3) is 2.39. The van der Waals surface area contributed by atoms with Crippen LogP contribution in [0.5, 0.6) is 5.75 Å². The predicted octanol–water partition coefficient (Wildman–Crippen LogP) is 2.16. The standard InChI is InChI=1S/C16H17NO4/c1-21-12-4-2-3-11(8-12)17-15(18)13-9-5-6-10(7-9)14(13)16(19)20/h2-6,8-10,13-14H,7H2,1H3,(H,17,18)(H,19,20)/t9-,10+,13-,14-/m1/s1. The van der Waals surface area contributed by atoms with E-state index in [9.17, 15) is 14.7 Å². The van der Waals surface area contributed by atoms with Gasteiger partial charge in [-0.1, -0.05) is 18.2 Å². The number of carbonyl (C=O) groups is 2. The van der Waals surface area contributed by atoms with Crippen molar-refractivity contribution in [3.05, 3.63) is 36.4 Å². The summed E-state index contributed by atoms with van der Waals surface area (Å²) in [5, 5.41) is 12.2. The molecule has 1 saturated carbocycles. The molecule has 0 aromatic heterocycles. The van der Waals surface area contributed by atoms with Crippen LogP contribution in [0.15, 0.2) is 36.4 Å². The molecule has 1 aromatic rings. The molecule has 4 atom stereocenters. The van der Waals surface area contributed by atoms with Crippen LogP contribution < -0.4 is 10.1 Å². The SMILES string of the molecule is COc1cccc(NC(=O)[C@H]2[C@H](C(=O)O)[C@H]3C=C[C@@H]2C3)c1. The number of ether oxygens (including phenoxy) is 1. The van der Waals surface area contributed by atoms with Gasteiger partial charge in [0, 0.05) is 11.8 Å². The number of aliphatic carboxylic acids is 1. The van der Waals surface area contributed by atoms with Gasteiger partial charge in [0.15, 0.2) is 0 Å². The number of allylic oxidation sites excluding steroid dienone is 2. The summed E-state index contributed by atoms with van der Waals surface area (Å²) in [5.74, 6) is -1.58. The van der Waals surface area contributed by atoms with E-state index < -0.39 is 17.8 Å². The Bertz CT molecular complexity index is 610. The normalized spacial score (nSPS) is 29.4. The van der Waals surface area contributed by atoms with Crippen LogP contribution in [0.2, 0.25) is 0 Å². The van der Waals surface area contributed by atoms with Crippen molar-refractivity contribution in [2.75, 3.05) is 12.4 Å². The lowest BCUT2D eigenvalue weighted by Gasteiger charge is -2.23. The number of nitrogens with one attached hydrogen (secondary N) is 1. The van der Waals surface area contributed by atoms with Crippen molar-refractivity contribution in [2.24, 2.45) is 23.7 Å². The first-order chi connectivity index (χ1) is 10.1. The number of methoxy groups -OCH3 is 1. The summed E-state index contributed by atoms with van der Waals surface area (Å²) in [6, 6.07) is 7.05. The molecular formula is C16H17NO4. The fourth-order valence-corrected chi connectivity index (χ4v) is 3.44. The summed E-state index contributed by atoms with van der Waals surface area (Å²) < 4.78 is 5.11. The van der Waals surface area contributed by atoms with E-state index >= 15 is 0 Å². The van der Waals surface area contributed by atoms with Crippen molar-refractivity contribution in [1.29, 1.82) is 0 Å². The zero-order valence-corrected chi connectivity index (χ0v) is 11.7. The van der Waals surface area contributed by atoms with Crippen LogP contribution in [0, 0.1) is 23.7 Å². The summed E-state index contributed by atoms with van der Waals surface area (Å²) in [6.07, 6.45) is 4.66. The highest BCUT2D eigenvalue weighted by Crippen LogP contribution is 2.48. The molecule has 2 aliphatic carbocycles. The van der Waals surface area contributed by atoms with E-state index in [1.807, 2.05) is 12.2 Å². The van der Waals surface area contributed by atoms with Gasteiger partial charge >= 0.3 is 5.97 Å². The molecule has 5 nitrogen and oxygen atoms in total. The lowest BCUT2D eigenvalue weighted by molar-refractivity contribution is -0.146. The van der Waals surface area contributed by atoms with Gasteiger partial charge < -0.3 is 15.2 Å². The second-order valence-corrected chi connectivity index (χ2v) is 5.56. The highest BCUT2D eigenvalue weighted by Gasteiger charge is 2.51. The number of benzene rings is 1. The third-order valence-corrected chi connectivity index (χ3v) is 4.38. The lowest BCUT2D eigenvalue weighted by atomic mass is 9.82. The van der Waals surface area contributed by atoms with Crippen molar-refractivity contribution < 1.29 is 19.4 Å². The minimum absolute atomic E-state index is 0.0199. The molecule has 2 N–H and O–H groups in total. The van der Waals surface area contributed by atoms with Crippen LogP contribution in [0.4, 0.5) is 5.69 Å². The Hall–Kier alpha value is -2.30. The Morgan fingerprint density at radius 2 is 1.95 bits per heavy atom. The molecule has 110 valence electrons. The van der Waals surface area contributed by atoms with E-state index in [1.54, 1.807) is 31.4 Å². The van der Waals surface area contributed by atoms with Gasteiger partial charge in [0.1, 0.15) is 5.75 Å². The highest BCUT2D eigenvalue weighted by atomic mass is 16.5. The second-order valence-electron chi connectivity index (χ2n) is 5.56. The summed E-state index contributed by atoms with van der Waals surface area (Å²) in [4.78, 5) is 23.9. The second kappa shape index (κ2) is 5.24. The Morgan fingerprint density at radius 3 is 2.62 bits per heavy atom. The zero-order valence-electron chi connectivity index (χ0n) is 11.7. The molecule has 0 heterocycles. The Morgan fingerprint density at radius 1 is 1.24 bits per heavy atom. The molecule has 0 unspecified atom stereocenters. The molecule has 1 amide bonds. The number of hydrogen-bond donors (Lipinski definition) is 2. The average molecular weight is 287 g/mol. The number of amides is 1. The van der Waals surface area contributed by atoms with Gasteiger partial charge in [0.2, 0.25) is 5.91 Å². The van der Waals surface area contributed by atoms with Gasteiger partial charge in [-0.25, -0.2) is 0 Å². The summed E-state index contributed by atoms with van der Waals surface area (Å²) in [7, 11) is 1.56. The van der Waals surface area contributed by atoms with Gasteiger partial charge in [-0.05, 0) is 30.4 Å². The highest BCUT2D eigenvalue weighted by molar-refractivity contribution is 5.96. The van der Waals surface area contributed by atoms with E-state index in [4.69, 9.17) is 4.74 Å². The number of rotatable bonds is 4. The quantitative estimate of drug-likeness (QED) is 0.832. The molecule has 1 aromatic carbocycles. The maximum Gasteiger partial charge on any atom is 0.307 e. The molecule has 1 fully saturated rings. The van der Waals surface area contributed by atoms with Gasteiger partial charge in [-0.3, -0.25) is 9.59 Å². The van der Waals surface area contributed by atoms with Gasteiger partial charge in [-0.2, -0.15) is 0 Å². The van der Waals surface area contributed by atoms with E-state index in [1.165, 1.54) is 0 Å². The molecule has 0 spiro atoms. The molecule has 0 radical (unpaired) electrons. The fraction of sp³-hybridized carbons (Fsp3) is 0.375. The first-order valence-corrected chi connectivity index (χ1v) is 6.96. The molecule has 3 rings (SSSR count). The lowest BCUT2D eigenvalue weighted by Crippen LogP contribution is -2.36. The topological polar surface area (TPSA) is 75.6 Å². The van der Waals surface area contributed by atoms with Crippen LogP contribution in [-0.2, 0) is 9.59 Å². The van der Waals surface area contributed by atoms with Crippen molar-refractivity contribution in [1.82, 2.24) is 0 Å². The molecule has 0 aliphatic heterocycles. The average Bonchev–Trinajstić information content (AvgIpc) is 3.07. The van der Waals surface area contributed by atoms with Gasteiger partial charge in [0.25, 0.3) is 0 Å². The summed E-state index contributed by atoms with van der Waals surface area (Å²) >= 11 is 0. The number of carboxylic acid groups (broad SMARTS) is 1. The molecule has 2 aliphatic rings. The number of carbonyl (C=O) groups excluding carboxylic acids is 1. The first-order valence-electron chi connectivity index (χ1n) is 6.96. The molecular weight excluding hydrogens is 270 g/mol. The number of carboxylic acids is 1. The number of anilines is 1. The summed E-state index contributed by atoms with van der Waals surface area (Å²) in [5.41, 5.74) is 0.621. The Labute approximate surface area is 122 Å². The monoisotopic (exact) mass is 287 g/mol. The molecule has 5 heteroatoms. The largest absolute Gasteiger partial charge is 0.497 e. The van der Waals surface area contributed by atoms with E-state index in [2.05, 4.69) is 5.32 Å². The minimum atomic E-state index is -0.891. The van der Waals surface area contributed by atoms with E-state index in [0.717, 1.165) is 6.42 Å². The molecule has 0 saturated heterocycles. The summed E-state index contributed by atoms with van der Waals surface area (Å²) in [6.45, 7) is 0. The van der Waals surface area contributed by atoms with Crippen LogP contribution in [0.3, 0.4) is 0 Å². The third-order valence-electron chi connectivity index (χ3n) is 4.38. The maximum atomic E-state index is 12.5. The minimum Gasteiger partial charge on any atom is -0.497 e. The van der Waals surface area contributed by atoms with Crippen molar-refractivity contribution in [3.8, 4) is 5.75 Å². The maximum absolute atomic E-state index is 12.5. The van der Waals surface area contributed by atoms with Crippen LogP contribution in [0.1, 0.15) is 6.42 Å². The van der Waals surface area contributed by atoms with Gasteiger partial charge in [0.05, 0.1) is 18.9 Å². The van der Waals surface area contributed by atoms with Crippen molar-refractivity contribution in [2.45, 2.75) is 6.42 Å².